The van der Waals surface area contributed by atoms with E-state index < -0.39 is 0 Å². The van der Waals surface area contributed by atoms with Gasteiger partial charge in [-0.1, -0.05) is 36.4 Å². The highest BCUT2D eigenvalue weighted by atomic mass is 16.5. The lowest BCUT2D eigenvalue weighted by Crippen LogP contribution is -2.09. The van der Waals surface area contributed by atoms with Crippen LogP contribution in [0.3, 0.4) is 0 Å². The summed E-state index contributed by atoms with van der Waals surface area (Å²) in [5, 5.41) is 9.28. The van der Waals surface area contributed by atoms with E-state index in [-0.39, 0.29) is 6.61 Å². The average molecular weight is 336 g/mol. The van der Waals surface area contributed by atoms with Gasteiger partial charge in [0.25, 0.3) is 0 Å². The number of aromatic nitrogens is 2. The maximum atomic E-state index is 9.28. The zero-order valence-corrected chi connectivity index (χ0v) is 14.4. The molecule has 130 valence electrons. The van der Waals surface area contributed by atoms with Crippen LogP contribution in [0.2, 0.25) is 0 Å². The first kappa shape index (κ1) is 17.2. The Bertz CT molecular complexity index is 839. The Balaban J connectivity index is 1.65. The summed E-state index contributed by atoms with van der Waals surface area (Å²) in [4.78, 5) is 4.63. The van der Waals surface area contributed by atoms with Crippen molar-refractivity contribution in [2.24, 2.45) is 0 Å². The monoisotopic (exact) mass is 336 g/mol. The smallest absolute Gasteiger partial charge is 0.122 e. The number of para-hydroxylation sites is 3. The molecule has 3 aromatic rings. The van der Waals surface area contributed by atoms with Crippen molar-refractivity contribution in [1.29, 1.82) is 0 Å². The molecule has 1 N–H and O–H groups in total. The maximum absolute atomic E-state index is 9.28. The summed E-state index contributed by atoms with van der Waals surface area (Å²) in [5.74, 6) is 1.85. The van der Waals surface area contributed by atoms with E-state index in [0.717, 1.165) is 47.6 Å². The zero-order chi connectivity index (χ0) is 17.5. The molecule has 0 radical (unpaired) electrons. The van der Waals surface area contributed by atoms with Gasteiger partial charge in [-0.15, -0.1) is 6.58 Å². The third-order valence-corrected chi connectivity index (χ3v) is 4.19. The molecule has 0 saturated carbocycles. The lowest BCUT2D eigenvalue weighted by Gasteiger charge is -2.12. The molecule has 0 bridgehead atoms. The molecule has 3 rings (SSSR count). The van der Waals surface area contributed by atoms with Crippen LogP contribution in [-0.4, -0.2) is 27.9 Å². The number of hydrogen-bond acceptors (Lipinski definition) is 3. The number of imidazole rings is 1. The molecule has 25 heavy (non-hydrogen) atoms. The molecule has 0 unspecified atom stereocenters. The van der Waals surface area contributed by atoms with Gasteiger partial charge in [0.2, 0.25) is 0 Å². The van der Waals surface area contributed by atoms with Crippen molar-refractivity contribution in [1.82, 2.24) is 9.55 Å². The molecule has 1 heterocycles. The topological polar surface area (TPSA) is 47.3 Å². The number of benzene rings is 2. The van der Waals surface area contributed by atoms with Crippen molar-refractivity contribution >= 4 is 11.0 Å². The predicted octanol–water partition coefficient (Wildman–Crippen LogP) is 3.77. The van der Waals surface area contributed by atoms with E-state index in [2.05, 4.69) is 28.3 Å². The molecule has 0 aliphatic carbocycles. The first-order valence-corrected chi connectivity index (χ1v) is 8.70. The third-order valence-electron chi connectivity index (χ3n) is 4.19. The largest absolute Gasteiger partial charge is 0.493 e. The molecule has 0 spiro atoms. The first-order chi connectivity index (χ1) is 12.3. The normalized spacial score (nSPS) is 10.9. The highest BCUT2D eigenvalue weighted by Crippen LogP contribution is 2.20. The van der Waals surface area contributed by atoms with E-state index in [1.165, 1.54) is 0 Å². The van der Waals surface area contributed by atoms with Crippen LogP contribution < -0.4 is 4.74 Å². The molecule has 4 heteroatoms. The van der Waals surface area contributed by atoms with E-state index >= 15 is 0 Å². The molecule has 1 aromatic heterocycles. The molecule has 0 saturated heterocycles. The fourth-order valence-corrected chi connectivity index (χ4v) is 3.04. The van der Waals surface area contributed by atoms with Crippen LogP contribution in [0.15, 0.2) is 61.2 Å². The molecule has 0 fully saturated rings. The second-order valence-corrected chi connectivity index (χ2v) is 5.94. The number of fused-ring (bicyclic) bond motifs is 1. The van der Waals surface area contributed by atoms with E-state index in [0.29, 0.717) is 13.0 Å². The summed E-state index contributed by atoms with van der Waals surface area (Å²) in [6.07, 6.45) is 4.14. The minimum Gasteiger partial charge on any atom is -0.493 e. The van der Waals surface area contributed by atoms with Gasteiger partial charge in [0.1, 0.15) is 11.6 Å². The van der Waals surface area contributed by atoms with Crippen molar-refractivity contribution in [2.45, 2.75) is 25.8 Å². The molecule has 0 amide bonds. The highest BCUT2D eigenvalue weighted by Gasteiger charge is 2.10. The Hall–Kier alpha value is -2.59. The van der Waals surface area contributed by atoms with Gasteiger partial charge >= 0.3 is 0 Å². The molecule has 0 aliphatic heterocycles. The summed E-state index contributed by atoms with van der Waals surface area (Å²) in [6.45, 7) is 5.36. The second kappa shape index (κ2) is 8.49. The Labute approximate surface area is 148 Å². The van der Waals surface area contributed by atoms with Gasteiger partial charge in [-0.05, 0) is 36.6 Å². The second-order valence-electron chi connectivity index (χ2n) is 5.94. The van der Waals surface area contributed by atoms with Crippen molar-refractivity contribution < 1.29 is 9.84 Å². The molecular weight excluding hydrogens is 312 g/mol. The van der Waals surface area contributed by atoms with Gasteiger partial charge in [-0.2, -0.15) is 0 Å². The molecule has 2 aromatic carbocycles. The molecule has 0 atom stereocenters. The zero-order valence-electron chi connectivity index (χ0n) is 14.4. The van der Waals surface area contributed by atoms with Gasteiger partial charge in [0, 0.05) is 13.0 Å². The third kappa shape index (κ3) is 4.09. The summed E-state index contributed by atoms with van der Waals surface area (Å²) < 4.78 is 8.15. The van der Waals surface area contributed by atoms with Gasteiger partial charge in [0.05, 0.1) is 24.2 Å². The number of ether oxygens (including phenoxy) is 1. The van der Waals surface area contributed by atoms with Gasteiger partial charge in [-0.25, -0.2) is 4.98 Å². The minimum absolute atomic E-state index is 0.106. The van der Waals surface area contributed by atoms with Crippen molar-refractivity contribution in [3.8, 4) is 5.75 Å². The number of rotatable bonds is 9. The molecule has 4 nitrogen and oxygen atoms in total. The predicted molar refractivity (Wildman–Crippen MR) is 101 cm³/mol. The van der Waals surface area contributed by atoms with Gasteiger partial charge in [-0.3, -0.25) is 0 Å². The lowest BCUT2D eigenvalue weighted by atomic mass is 10.1. The Kier molecular flexibility index (Phi) is 5.86. The number of hydrogen-bond donors (Lipinski definition) is 1. The first-order valence-electron chi connectivity index (χ1n) is 8.70. The fraction of sp³-hybridized carbons (Fsp3) is 0.286. The average Bonchev–Trinajstić information content (AvgIpc) is 2.98. The van der Waals surface area contributed by atoms with Crippen LogP contribution in [0, 0.1) is 0 Å². The van der Waals surface area contributed by atoms with Gasteiger partial charge < -0.3 is 14.4 Å². The van der Waals surface area contributed by atoms with Crippen LogP contribution in [0.4, 0.5) is 0 Å². The van der Waals surface area contributed by atoms with Crippen LogP contribution in [-0.2, 0) is 19.4 Å². The number of aryl methyl sites for hydroxylation is 1. The van der Waals surface area contributed by atoms with Gasteiger partial charge in [0.15, 0.2) is 0 Å². The van der Waals surface area contributed by atoms with E-state index in [1.54, 1.807) is 0 Å². The Morgan fingerprint density at radius 1 is 1.12 bits per heavy atom. The van der Waals surface area contributed by atoms with E-state index in [1.807, 2.05) is 42.5 Å². The minimum atomic E-state index is 0.106. The van der Waals surface area contributed by atoms with Crippen molar-refractivity contribution in [2.75, 3.05) is 13.2 Å². The van der Waals surface area contributed by atoms with Crippen molar-refractivity contribution in [3.63, 3.8) is 0 Å². The summed E-state index contributed by atoms with van der Waals surface area (Å²) in [5.41, 5.74) is 3.24. The van der Waals surface area contributed by atoms with Crippen LogP contribution in [0.1, 0.15) is 17.8 Å². The van der Waals surface area contributed by atoms with Crippen LogP contribution in [0.25, 0.3) is 11.0 Å². The maximum Gasteiger partial charge on any atom is 0.122 e. The number of aliphatic hydroxyl groups is 1. The van der Waals surface area contributed by atoms with Crippen LogP contribution >= 0.6 is 0 Å². The standard InChI is InChI=1S/C21H24N2O2/c1-2-8-17-9-3-6-12-20(17)25-16-7-14-23-19-11-5-4-10-18(19)22-21(23)13-15-24/h2-6,9-12,24H,1,7-8,13-16H2. The van der Waals surface area contributed by atoms with Crippen molar-refractivity contribution in [3.05, 3.63) is 72.6 Å². The SMILES string of the molecule is C=CCc1ccccc1OCCCn1c(CCO)nc2ccccc21. The Morgan fingerprint density at radius 3 is 2.76 bits per heavy atom. The molecular formula is C21H24N2O2. The number of nitrogens with zero attached hydrogens (tertiary/aromatic N) is 2. The van der Waals surface area contributed by atoms with E-state index in [9.17, 15) is 5.11 Å². The van der Waals surface area contributed by atoms with E-state index in [4.69, 9.17) is 4.74 Å². The summed E-state index contributed by atoms with van der Waals surface area (Å²) >= 11 is 0. The molecule has 0 aliphatic rings. The number of allylic oxidation sites excluding steroid dienone is 1. The highest BCUT2D eigenvalue weighted by molar-refractivity contribution is 5.75. The number of aliphatic hydroxyl groups excluding tert-OH is 1. The Morgan fingerprint density at radius 2 is 1.92 bits per heavy atom. The fourth-order valence-electron chi connectivity index (χ4n) is 3.04. The summed E-state index contributed by atoms with van der Waals surface area (Å²) in [6, 6.07) is 16.2. The van der Waals surface area contributed by atoms with Crippen LogP contribution in [0.5, 0.6) is 5.75 Å². The summed E-state index contributed by atoms with van der Waals surface area (Å²) in [7, 11) is 0. The lowest BCUT2D eigenvalue weighted by molar-refractivity contribution is 0.288. The quantitative estimate of drug-likeness (QED) is 0.478.